The maximum atomic E-state index is 4.42. The quantitative estimate of drug-likeness (QED) is 0.835. The molecule has 21 heavy (non-hydrogen) atoms. The average Bonchev–Trinajstić information content (AvgIpc) is 3.45. The lowest BCUT2D eigenvalue weighted by Crippen LogP contribution is -2.49. The summed E-state index contributed by atoms with van der Waals surface area (Å²) < 4.78 is 0. The molecule has 4 nitrogen and oxygen atoms in total. The van der Waals surface area contributed by atoms with Gasteiger partial charge in [-0.05, 0) is 37.5 Å². The van der Waals surface area contributed by atoms with Crippen molar-refractivity contribution >= 4 is 16.5 Å². The van der Waals surface area contributed by atoms with Crippen molar-refractivity contribution in [3.05, 3.63) is 11.6 Å². The molecule has 0 unspecified atom stereocenters. The normalized spacial score (nSPS) is 24.0. The first-order valence-corrected chi connectivity index (χ1v) is 9.38. The van der Waals surface area contributed by atoms with E-state index >= 15 is 0 Å². The fraction of sp³-hybridized carbons (Fsp3) is 0.812. The van der Waals surface area contributed by atoms with Gasteiger partial charge in [-0.25, -0.2) is 4.98 Å². The molecule has 0 spiro atoms. The molecule has 2 heterocycles. The highest BCUT2D eigenvalue weighted by atomic mass is 32.1. The largest absolute Gasteiger partial charge is 0.346 e. The van der Waals surface area contributed by atoms with E-state index in [1.165, 1.54) is 57.0 Å². The number of anilines is 1. The number of aromatic nitrogens is 1. The molecule has 4 rings (SSSR count). The minimum Gasteiger partial charge on any atom is -0.346 e. The number of hydrogen-bond donors (Lipinski definition) is 1. The average molecular weight is 306 g/mol. The zero-order valence-corrected chi connectivity index (χ0v) is 13.5. The minimum absolute atomic E-state index is 0.849. The van der Waals surface area contributed by atoms with Gasteiger partial charge >= 0.3 is 0 Å². The topological polar surface area (TPSA) is 31.4 Å². The molecule has 0 amide bonds. The van der Waals surface area contributed by atoms with Crippen LogP contribution in [0.1, 0.15) is 25.7 Å². The van der Waals surface area contributed by atoms with E-state index in [0.717, 1.165) is 31.0 Å². The summed E-state index contributed by atoms with van der Waals surface area (Å²) in [6.45, 7) is 7.00. The number of nitrogens with zero attached hydrogens (tertiary/aromatic N) is 3. The van der Waals surface area contributed by atoms with Crippen molar-refractivity contribution in [1.82, 2.24) is 15.2 Å². The smallest absolute Gasteiger partial charge is 0.185 e. The lowest BCUT2D eigenvalue weighted by Gasteiger charge is -2.34. The molecule has 5 heteroatoms. The Morgan fingerprint density at radius 2 is 1.86 bits per heavy atom. The molecule has 3 fully saturated rings. The number of hydrogen-bond acceptors (Lipinski definition) is 5. The molecule has 1 aromatic heterocycles. The summed E-state index contributed by atoms with van der Waals surface area (Å²) in [7, 11) is 0. The van der Waals surface area contributed by atoms with E-state index < -0.39 is 0 Å². The number of piperazine rings is 1. The summed E-state index contributed by atoms with van der Waals surface area (Å²) in [5.41, 5.74) is 0. The van der Waals surface area contributed by atoms with Gasteiger partial charge in [0.2, 0.25) is 0 Å². The highest BCUT2D eigenvalue weighted by Gasteiger charge is 2.40. The van der Waals surface area contributed by atoms with Crippen molar-refractivity contribution in [1.29, 1.82) is 0 Å². The second-order valence-electron chi connectivity index (χ2n) is 6.80. The number of nitrogens with one attached hydrogen (secondary N) is 1. The van der Waals surface area contributed by atoms with E-state index in [1.807, 2.05) is 6.20 Å². The van der Waals surface area contributed by atoms with Gasteiger partial charge in [-0.3, -0.25) is 4.90 Å². The number of rotatable bonds is 7. The molecule has 1 N–H and O–H groups in total. The first-order chi connectivity index (χ1) is 10.4. The Hall–Kier alpha value is -0.650. The van der Waals surface area contributed by atoms with E-state index in [-0.39, 0.29) is 0 Å². The van der Waals surface area contributed by atoms with E-state index in [4.69, 9.17) is 0 Å². The van der Waals surface area contributed by atoms with Crippen LogP contribution in [0.5, 0.6) is 0 Å². The summed E-state index contributed by atoms with van der Waals surface area (Å²) in [4.78, 5) is 9.44. The Labute approximate surface area is 131 Å². The lowest BCUT2D eigenvalue weighted by atomic mass is 10.1. The Bertz CT molecular complexity index is 421. The lowest BCUT2D eigenvalue weighted by molar-refractivity contribution is 0.249. The fourth-order valence-corrected chi connectivity index (χ4v) is 4.25. The molecule has 1 saturated heterocycles. The first kappa shape index (κ1) is 14.0. The molecule has 0 bridgehead atoms. The van der Waals surface area contributed by atoms with Crippen LogP contribution in [0.3, 0.4) is 0 Å². The van der Waals surface area contributed by atoms with Crippen LogP contribution in [0.4, 0.5) is 5.13 Å². The highest BCUT2D eigenvalue weighted by molar-refractivity contribution is 7.13. The summed E-state index contributed by atoms with van der Waals surface area (Å²) in [6.07, 6.45) is 7.80. The van der Waals surface area contributed by atoms with Gasteiger partial charge in [0.05, 0.1) is 0 Å². The van der Waals surface area contributed by atoms with Gasteiger partial charge in [0, 0.05) is 56.9 Å². The van der Waals surface area contributed by atoms with Crippen molar-refractivity contribution in [2.24, 2.45) is 11.8 Å². The standard InChI is InChI=1S/C16H26N4S/c1-2-13(1)15(14-3-4-14)17-5-7-19-8-10-20(11-9-19)16-18-6-12-21-16/h6,12-15,17H,1-5,7-11H2. The number of thiazole rings is 1. The van der Waals surface area contributed by atoms with Crippen LogP contribution in [0, 0.1) is 11.8 Å². The molecule has 1 aliphatic heterocycles. The first-order valence-electron chi connectivity index (χ1n) is 8.50. The van der Waals surface area contributed by atoms with Gasteiger partial charge in [-0.1, -0.05) is 0 Å². The molecule has 3 aliphatic rings. The van der Waals surface area contributed by atoms with Gasteiger partial charge in [0.25, 0.3) is 0 Å². The third-order valence-electron chi connectivity index (χ3n) is 5.13. The van der Waals surface area contributed by atoms with Crippen molar-refractivity contribution in [3.63, 3.8) is 0 Å². The van der Waals surface area contributed by atoms with Gasteiger partial charge in [0.1, 0.15) is 0 Å². The molecular weight excluding hydrogens is 280 g/mol. The molecule has 0 aromatic carbocycles. The third-order valence-corrected chi connectivity index (χ3v) is 5.96. The molecule has 2 aliphatic carbocycles. The summed E-state index contributed by atoms with van der Waals surface area (Å²) in [5.74, 6) is 2.03. The minimum atomic E-state index is 0.849. The Morgan fingerprint density at radius 1 is 1.14 bits per heavy atom. The van der Waals surface area contributed by atoms with Gasteiger partial charge < -0.3 is 10.2 Å². The van der Waals surface area contributed by atoms with E-state index in [9.17, 15) is 0 Å². The predicted molar refractivity (Wildman–Crippen MR) is 88.0 cm³/mol. The Kier molecular flexibility index (Phi) is 4.14. The van der Waals surface area contributed by atoms with Crippen LogP contribution in [0.25, 0.3) is 0 Å². The summed E-state index contributed by atoms with van der Waals surface area (Å²) in [5, 5.41) is 7.13. The summed E-state index contributed by atoms with van der Waals surface area (Å²) in [6, 6.07) is 0.849. The molecular formula is C16H26N4S. The predicted octanol–water partition coefficient (Wildman–Crippen LogP) is 2.04. The maximum absolute atomic E-state index is 4.42. The van der Waals surface area contributed by atoms with Crippen LogP contribution in [-0.4, -0.2) is 55.2 Å². The summed E-state index contributed by atoms with van der Waals surface area (Å²) >= 11 is 1.76. The molecule has 2 saturated carbocycles. The third kappa shape index (κ3) is 3.58. The molecule has 0 radical (unpaired) electrons. The molecule has 0 atom stereocenters. The van der Waals surface area contributed by atoms with Crippen molar-refractivity contribution in [3.8, 4) is 0 Å². The van der Waals surface area contributed by atoms with Crippen LogP contribution >= 0.6 is 11.3 Å². The zero-order valence-electron chi connectivity index (χ0n) is 12.7. The second-order valence-corrected chi connectivity index (χ2v) is 7.67. The monoisotopic (exact) mass is 306 g/mol. The Balaban J connectivity index is 1.17. The Morgan fingerprint density at radius 3 is 2.43 bits per heavy atom. The maximum Gasteiger partial charge on any atom is 0.185 e. The van der Waals surface area contributed by atoms with E-state index in [1.54, 1.807) is 11.3 Å². The van der Waals surface area contributed by atoms with E-state index in [2.05, 4.69) is 25.5 Å². The van der Waals surface area contributed by atoms with Crippen LogP contribution < -0.4 is 10.2 Å². The molecule has 1 aromatic rings. The van der Waals surface area contributed by atoms with Crippen molar-refractivity contribution in [2.75, 3.05) is 44.2 Å². The molecule has 116 valence electrons. The highest BCUT2D eigenvalue weighted by Crippen LogP contribution is 2.44. The van der Waals surface area contributed by atoms with Crippen molar-refractivity contribution in [2.45, 2.75) is 31.7 Å². The van der Waals surface area contributed by atoms with Crippen LogP contribution in [0.2, 0.25) is 0 Å². The SMILES string of the molecule is c1csc(N2CCN(CCNC(C3CC3)C3CC3)CC2)n1. The van der Waals surface area contributed by atoms with Crippen LogP contribution in [0.15, 0.2) is 11.6 Å². The van der Waals surface area contributed by atoms with Crippen LogP contribution in [-0.2, 0) is 0 Å². The second kappa shape index (κ2) is 6.23. The fourth-order valence-electron chi connectivity index (χ4n) is 3.55. The van der Waals surface area contributed by atoms with Gasteiger partial charge in [-0.2, -0.15) is 0 Å². The van der Waals surface area contributed by atoms with Gasteiger partial charge in [-0.15, -0.1) is 11.3 Å². The van der Waals surface area contributed by atoms with E-state index in [0.29, 0.717) is 0 Å². The van der Waals surface area contributed by atoms with Gasteiger partial charge in [0.15, 0.2) is 5.13 Å². The van der Waals surface area contributed by atoms with Crippen molar-refractivity contribution < 1.29 is 0 Å². The zero-order chi connectivity index (χ0) is 14.1.